The second kappa shape index (κ2) is 10.5. The fourth-order valence-electron chi connectivity index (χ4n) is 1.32. The SMILES string of the molecule is O=C(COc1ccc(Br)cc1Br)NCCSCCCO. The molecule has 1 amide bonds. The smallest absolute Gasteiger partial charge is 0.257 e. The Balaban J connectivity index is 2.16. The van der Waals surface area contributed by atoms with Crippen LogP contribution >= 0.6 is 43.6 Å². The third-order valence-electron chi connectivity index (χ3n) is 2.27. The number of aliphatic hydroxyl groups excluding tert-OH is 1. The van der Waals surface area contributed by atoms with E-state index in [-0.39, 0.29) is 19.1 Å². The minimum absolute atomic E-state index is 0.00153. The van der Waals surface area contributed by atoms with E-state index in [0.29, 0.717) is 12.3 Å². The van der Waals surface area contributed by atoms with Crippen LogP contribution in [-0.2, 0) is 4.79 Å². The molecule has 0 saturated heterocycles. The number of halogens is 2. The number of nitrogens with one attached hydrogen (secondary N) is 1. The van der Waals surface area contributed by atoms with Crippen molar-refractivity contribution in [2.24, 2.45) is 0 Å². The van der Waals surface area contributed by atoms with Crippen LogP contribution in [0.3, 0.4) is 0 Å². The fraction of sp³-hybridized carbons (Fsp3) is 0.462. The van der Waals surface area contributed by atoms with E-state index in [1.165, 1.54) is 0 Å². The third kappa shape index (κ3) is 7.52. The highest BCUT2D eigenvalue weighted by atomic mass is 79.9. The number of carbonyl (C=O) groups is 1. The first-order valence-corrected chi connectivity index (χ1v) is 8.90. The molecule has 0 radical (unpaired) electrons. The summed E-state index contributed by atoms with van der Waals surface area (Å²) in [5, 5.41) is 11.4. The van der Waals surface area contributed by atoms with E-state index in [4.69, 9.17) is 9.84 Å². The molecule has 0 bridgehead atoms. The third-order valence-corrected chi connectivity index (χ3v) is 4.45. The average Bonchev–Trinajstić information content (AvgIpc) is 2.41. The van der Waals surface area contributed by atoms with Gasteiger partial charge < -0.3 is 15.2 Å². The minimum Gasteiger partial charge on any atom is -0.483 e. The molecular formula is C13H17Br2NO3S. The second-order valence-electron chi connectivity index (χ2n) is 3.90. The first-order valence-electron chi connectivity index (χ1n) is 6.16. The number of benzene rings is 1. The van der Waals surface area contributed by atoms with Gasteiger partial charge in [-0.25, -0.2) is 0 Å². The number of thioether (sulfide) groups is 1. The van der Waals surface area contributed by atoms with Crippen molar-refractivity contribution >= 4 is 49.5 Å². The summed E-state index contributed by atoms with van der Waals surface area (Å²) < 4.78 is 7.18. The van der Waals surface area contributed by atoms with Gasteiger partial charge in [0.1, 0.15) is 5.75 Å². The van der Waals surface area contributed by atoms with Crippen molar-refractivity contribution in [1.29, 1.82) is 0 Å². The van der Waals surface area contributed by atoms with Crippen LogP contribution in [0.15, 0.2) is 27.1 Å². The van der Waals surface area contributed by atoms with Gasteiger partial charge in [-0.1, -0.05) is 15.9 Å². The quantitative estimate of drug-likeness (QED) is 0.596. The number of hydrogen-bond acceptors (Lipinski definition) is 4. The van der Waals surface area contributed by atoms with E-state index >= 15 is 0 Å². The zero-order valence-electron chi connectivity index (χ0n) is 10.9. The molecule has 0 unspecified atom stereocenters. The normalized spacial score (nSPS) is 10.3. The predicted molar refractivity (Wildman–Crippen MR) is 89.4 cm³/mol. The number of carbonyl (C=O) groups excluding carboxylic acids is 1. The summed E-state index contributed by atoms with van der Waals surface area (Å²) in [6.45, 7) is 0.830. The monoisotopic (exact) mass is 425 g/mol. The summed E-state index contributed by atoms with van der Waals surface area (Å²) >= 11 is 8.44. The van der Waals surface area contributed by atoms with E-state index in [0.717, 1.165) is 26.9 Å². The standard InChI is InChI=1S/C13H17Br2NO3S/c14-10-2-3-12(11(15)8-10)19-9-13(18)16-4-7-20-6-1-5-17/h2-3,8,17H,1,4-7,9H2,(H,16,18). The molecule has 0 aliphatic heterocycles. The number of amides is 1. The fourth-order valence-corrected chi connectivity index (χ4v) is 3.26. The van der Waals surface area contributed by atoms with Crippen molar-refractivity contribution in [3.63, 3.8) is 0 Å². The Kier molecular flexibility index (Phi) is 9.33. The lowest BCUT2D eigenvalue weighted by Crippen LogP contribution is -2.30. The summed E-state index contributed by atoms with van der Waals surface area (Å²) in [5.41, 5.74) is 0. The Bertz CT molecular complexity index is 432. The van der Waals surface area contributed by atoms with Gasteiger partial charge in [-0.15, -0.1) is 0 Å². The van der Waals surface area contributed by atoms with Gasteiger partial charge in [0, 0.05) is 23.4 Å². The molecule has 4 nitrogen and oxygen atoms in total. The van der Waals surface area contributed by atoms with Gasteiger partial charge in [-0.3, -0.25) is 4.79 Å². The van der Waals surface area contributed by atoms with Crippen molar-refractivity contribution in [2.75, 3.05) is 31.3 Å². The number of ether oxygens (including phenoxy) is 1. The first-order chi connectivity index (χ1) is 9.63. The van der Waals surface area contributed by atoms with E-state index in [2.05, 4.69) is 37.2 Å². The molecule has 0 heterocycles. The van der Waals surface area contributed by atoms with Crippen LogP contribution in [0.1, 0.15) is 6.42 Å². The largest absolute Gasteiger partial charge is 0.483 e. The van der Waals surface area contributed by atoms with Crippen LogP contribution in [0.25, 0.3) is 0 Å². The molecule has 2 N–H and O–H groups in total. The van der Waals surface area contributed by atoms with Crippen LogP contribution in [0, 0.1) is 0 Å². The second-order valence-corrected chi connectivity index (χ2v) is 6.90. The molecule has 0 fully saturated rings. The summed E-state index contributed by atoms with van der Waals surface area (Å²) in [6.07, 6.45) is 0.791. The minimum atomic E-state index is -0.137. The van der Waals surface area contributed by atoms with Crippen molar-refractivity contribution in [3.8, 4) is 5.75 Å². The molecule has 0 spiro atoms. The molecule has 1 rings (SSSR count). The average molecular weight is 427 g/mol. The van der Waals surface area contributed by atoms with E-state index in [1.807, 2.05) is 12.1 Å². The highest BCUT2D eigenvalue weighted by Crippen LogP contribution is 2.27. The Morgan fingerprint density at radius 1 is 1.35 bits per heavy atom. The highest BCUT2D eigenvalue weighted by Gasteiger charge is 2.05. The zero-order valence-corrected chi connectivity index (χ0v) is 14.9. The Hall–Kier alpha value is -0.240. The van der Waals surface area contributed by atoms with Crippen molar-refractivity contribution < 1.29 is 14.6 Å². The first kappa shape index (κ1) is 17.8. The van der Waals surface area contributed by atoms with E-state index < -0.39 is 0 Å². The number of aliphatic hydroxyl groups is 1. The Morgan fingerprint density at radius 3 is 2.85 bits per heavy atom. The molecular weight excluding hydrogens is 410 g/mol. The molecule has 0 saturated carbocycles. The van der Waals surface area contributed by atoms with Crippen LogP contribution in [0.5, 0.6) is 5.75 Å². The van der Waals surface area contributed by atoms with Crippen molar-refractivity contribution in [1.82, 2.24) is 5.32 Å². The maximum Gasteiger partial charge on any atom is 0.257 e. The van der Waals surface area contributed by atoms with Gasteiger partial charge in [0.25, 0.3) is 5.91 Å². The molecule has 0 atom stereocenters. The molecule has 0 aliphatic rings. The topological polar surface area (TPSA) is 58.6 Å². The molecule has 1 aromatic rings. The summed E-state index contributed by atoms with van der Waals surface area (Å²) in [5.74, 6) is 2.26. The zero-order chi connectivity index (χ0) is 14.8. The number of hydrogen-bond donors (Lipinski definition) is 2. The molecule has 112 valence electrons. The van der Waals surface area contributed by atoms with E-state index in [9.17, 15) is 4.79 Å². The van der Waals surface area contributed by atoms with E-state index in [1.54, 1.807) is 17.8 Å². The van der Waals surface area contributed by atoms with Gasteiger partial charge in [-0.2, -0.15) is 11.8 Å². The lowest BCUT2D eigenvalue weighted by Gasteiger charge is -2.09. The molecule has 0 aromatic heterocycles. The van der Waals surface area contributed by atoms with Gasteiger partial charge in [0.05, 0.1) is 4.47 Å². The highest BCUT2D eigenvalue weighted by molar-refractivity contribution is 9.11. The van der Waals surface area contributed by atoms with Gasteiger partial charge in [0.2, 0.25) is 0 Å². The molecule has 0 aliphatic carbocycles. The summed E-state index contributed by atoms with van der Waals surface area (Å²) in [4.78, 5) is 11.6. The lowest BCUT2D eigenvalue weighted by molar-refractivity contribution is -0.122. The van der Waals surface area contributed by atoms with Crippen molar-refractivity contribution in [3.05, 3.63) is 27.1 Å². The van der Waals surface area contributed by atoms with Gasteiger partial charge in [0.15, 0.2) is 6.61 Å². The van der Waals surface area contributed by atoms with Crippen LogP contribution in [0.4, 0.5) is 0 Å². The Morgan fingerprint density at radius 2 is 2.15 bits per heavy atom. The van der Waals surface area contributed by atoms with Crippen LogP contribution in [0.2, 0.25) is 0 Å². The maximum atomic E-state index is 11.6. The molecule has 20 heavy (non-hydrogen) atoms. The molecule has 7 heteroatoms. The lowest BCUT2D eigenvalue weighted by atomic mass is 10.3. The van der Waals surface area contributed by atoms with Crippen LogP contribution < -0.4 is 10.1 Å². The molecule has 1 aromatic carbocycles. The van der Waals surface area contributed by atoms with Crippen molar-refractivity contribution in [2.45, 2.75) is 6.42 Å². The van der Waals surface area contributed by atoms with Gasteiger partial charge in [-0.05, 0) is 46.3 Å². The predicted octanol–water partition coefficient (Wildman–Crippen LogP) is 2.82. The van der Waals surface area contributed by atoms with Crippen LogP contribution in [-0.4, -0.2) is 42.3 Å². The summed E-state index contributed by atoms with van der Waals surface area (Å²) in [7, 11) is 0. The van der Waals surface area contributed by atoms with Gasteiger partial charge >= 0.3 is 0 Å². The Labute approximate surface area is 139 Å². The number of rotatable bonds is 9. The summed E-state index contributed by atoms with van der Waals surface area (Å²) in [6, 6.07) is 5.52. The maximum absolute atomic E-state index is 11.6.